The number of rotatable bonds is 7. The molecule has 0 aromatic heterocycles. The fourth-order valence-corrected chi connectivity index (χ4v) is 2.40. The third-order valence-corrected chi connectivity index (χ3v) is 3.77. The second-order valence-corrected chi connectivity index (χ2v) is 5.18. The largest absolute Gasteiger partial charge is 0.465 e. The van der Waals surface area contributed by atoms with E-state index in [1.165, 1.54) is 0 Å². The fraction of sp³-hybridized carbons (Fsp3) is 0.529. The van der Waals surface area contributed by atoms with E-state index in [-0.39, 0.29) is 26.2 Å². The lowest BCUT2D eigenvalue weighted by Crippen LogP contribution is -2.47. The topological polar surface area (TPSA) is 78.6 Å². The highest BCUT2D eigenvalue weighted by Gasteiger charge is 2.50. The molecule has 0 saturated heterocycles. The number of carbonyl (C=O) groups is 2. The van der Waals surface area contributed by atoms with E-state index >= 15 is 0 Å². The van der Waals surface area contributed by atoms with Gasteiger partial charge < -0.3 is 15.2 Å². The van der Waals surface area contributed by atoms with Crippen LogP contribution in [0.25, 0.3) is 0 Å². The van der Waals surface area contributed by atoms with Crippen molar-refractivity contribution in [2.45, 2.75) is 39.5 Å². The first-order valence-corrected chi connectivity index (χ1v) is 7.56. The molecule has 1 aromatic carbocycles. The molecular formula is C17H25NO4. The van der Waals surface area contributed by atoms with Crippen LogP contribution >= 0.6 is 0 Å². The van der Waals surface area contributed by atoms with Gasteiger partial charge in [-0.15, -0.1) is 0 Å². The van der Waals surface area contributed by atoms with Crippen LogP contribution < -0.4 is 5.73 Å². The first-order chi connectivity index (χ1) is 10.4. The highest BCUT2D eigenvalue weighted by atomic mass is 16.6. The molecule has 0 bridgehead atoms. The number of hydrogen-bond acceptors (Lipinski definition) is 5. The number of esters is 2. The minimum atomic E-state index is -1.50. The molecule has 0 atom stereocenters. The van der Waals surface area contributed by atoms with E-state index in [0.717, 1.165) is 11.1 Å². The van der Waals surface area contributed by atoms with Crippen LogP contribution in [0.2, 0.25) is 0 Å². The predicted octanol–water partition coefficient (Wildman–Crippen LogP) is 2.02. The Hall–Kier alpha value is -1.88. The number of nitrogens with two attached hydrogens (primary N) is 1. The quantitative estimate of drug-likeness (QED) is 0.616. The fourth-order valence-electron chi connectivity index (χ4n) is 2.40. The van der Waals surface area contributed by atoms with Gasteiger partial charge in [-0.25, -0.2) is 0 Å². The molecule has 0 heterocycles. The van der Waals surface area contributed by atoms with E-state index in [0.29, 0.717) is 5.56 Å². The molecule has 1 rings (SSSR count). The summed E-state index contributed by atoms with van der Waals surface area (Å²) in [6, 6.07) is 5.49. The Kier molecular flexibility index (Phi) is 6.56. The minimum absolute atomic E-state index is 0.146. The molecule has 5 nitrogen and oxygen atoms in total. The van der Waals surface area contributed by atoms with Gasteiger partial charge in [0.15, 0.2) is 5.41 Å². The predicted molar refractivity (Wildman–Crippen MR) is 84.5 cm³/mol. The number of aryl methyl sites for hydroxylation is 2. The highest BCUT2D eigenvalue weighted by Crippen LogP contribution is 2.32. The van der Waals surface area contributed by atoms with Crippen molar-refractivity contribution < 1.29 is 19.1 Å². The van der Waals surface area contributed by atoms with Gasteiger partial charge >= 0.3 is 11.9 Å². The SMILES string of the molecule is CCOC(=O)C(CCN)(C(=O)OCC)c1ccc(C)c(C)c1. The third kappa shape index (κ3) is 3.47. The van der Waals surface area contributed by atoms with Gasteiger partial charge in [-0.3, -0.25) is 9.59 Å². The normalized spacial score (nSPS) is 11.1. The smallest absolute Gasteiger partial charge is 0.328 e. The summed E-state index contributed by atoms with van der Waals surface area (Å²) >= 11 is 0. The van der Waals surface area contributed by atoms with Crippen molar-refractivity contribution in [3.05, 3.63) is 34.9 Å². The van der Waals surface area contributed by atoms with Gasteiger partial charge in [0.25, 0.3) is 0 Å². The number of carbonyl (C=O) groups excluding carboxylic acids is 2. The van der Waals surface area contributed by atoms with E-state index < -0.39 is 17.4 Å². The molecule has 0 saturated carbocycles. The van der Waals surface area contributed by atoms with Crippen LogP contribution in [0.4, 0.5) is 0 Å². The van der Waals surface area contributed by atoms with Crippen molar-refractivity contribution in [2.24, 2.45) is 5.73 Å². The second-order valence-electron chi connectivity index (χ2n) is 5.18. The zero-order valence-corrected chi connectivity index (χ0v) is 13.8. The average molecular weight is 307 g/mol. The van der Waals surface area contributed by atoms with Crippen LogP contribution in [0, 0.1) is 13.8 Å². The molecule has 0 amide bonds. The molecule has 122 valence electrons. The standard InChI is InChI=1S/C17H25NO4/c1-5-21-15(19)17(9-10-18,16(20)22-6-2)14-8-7-12(3)13(4)11-14/h7-8,11H,5-6,9-10,18H2,1-4H3. The Morgan fingerprint density at radius 3 is 2.00 bits per heavy atom. The lowest BCUT2D eigenvalue weighted by atomic mass is 9.76. The Balaban J connectivity index is 3.48. The summed E-state index contributed by atoms with van der Waals surface area (Å²) < 4.78 is 10.3. The molecule has 22 heavy (non-hydrogen) atoms. The van der Waals surface area contributed by atoms with E-state index in [9.17, 15) is 9.59 Å². The summed E-state index contributed by atoms with van der Waals surface area (Å²) in [7, 11) is 0. The molecule has 0 spiro atoms. The Morgan fingerprint density at radius 1 is 1.05 bits per heavy atom. The summed E-state index contributed by atoms with van der Waals surface area (Å²) in [5, 5.41) is 0. The summed E-state index contributed by atoms with van der Waals surface area (Å²) in [5.41, 5.74) is 6.81. The molecule has 5 heteroatoms. The van der Waals surface area contributed by atoms with Gasteiger partial charge in [0.05, 0.1) is 13.2 Å². The molecule has 0 aliphatic carbocycles. The maximum Gasteiger partial charge on any atom is 0.328 e. The lowest BCUT2D eigenvalue weighted by Gasteiger charge is -2.29. The van der Waals surface area contributed by atoms with Crippen molar-refractivity contribution >= 4 is 11.9 Å². The van der Waals surface area contributed by atoms with Crippen LogP contribution in [0.15, 0.2) is 18.2 Å². The van der Waals surface area contributed by atoms with Crippen molar-refractivity contribution in [2.75, 3.05) is 19.8 Å². The van der Waals surface area contributed by atoms with Gasteiger partial charge in [-0.05, 0) is 57.4 Å². The van der Waals surface area contributed by atoms with Gasteiger partial charge in [0.1, 0.15) is 0 Å². The molecule has 1 aromatic rings. The van der Waals surface area contributed by atoms with Crippen molar-refractivity contribution in [1.29, 1.82) is 0 Å². The zero-order chi connectivity index (χ0) is 16.8. The molecule has 0 aliphatic rings. The summed E-state index contributed by atoms with van der Waals surface area (Å²) in [6.45, 7) is 7.86. The lowest BCUT2D eigenvalue weighted by molar-refractivity contribution is -0.165. The summed E-state index contributed by atoms with van der Waals surface area (Å²) in [5.74, 6) is -1.22. The summed E-state index contributed by atoms with van der Waals surface area (Å²) in [4.78, 5) is 25.2. The van der Waals surface area contributed by atoms with E-state index in [1.807, 2.05) is 26.0 Å². The number of benzene rings is 1. The monoisotopic (exact) mass is 307 g/mol. The average Bonchev–Trinajstić information content (AvgIpc) is 2.48. The van der Waals surface area contributed by atoms with Crippen LogP contribution in [0.3, 0.4) is 0 Å². The molecule has 0 fully saturated rings. The van der Waals surface area contributed by atoms with Gasteiger partial charge in [0, 0.05) is 0 Å². The summed E-state index contributed by atoms with van der Waals surface area (Å²) in [6.07, 6.45) is 0.146. The van der Waals surface area contributed by atoms with E-state index in [4.69, 9.17) is 15.2 Å². The third-order valence-electron chi connectivity index (χ3n) is 3.77. The maximum absolute atomic E-state index is 12.6. The highest BCUT2D eigenvalue weighted by molar-refractivity contribution is 6.06. The molecule has 2 N–H and O–H groups in total. The molecular weight excluding hydrogens is 282 g/mol. The first kappa shape index (κ1) is 18.2. The van der Waals surface area contributed by atoms with Crippen molar-refractivity contribution in [3.8, 4) is 0 Å². The first-order valence-electron chi connectivity index (χ1n) is 7.56. The van der Waals surface area contributed by atoms with Gasteiger partial charge in [-0.2, -0.15) is 0 Å². The van der Waals surface area contributed by atoms with Gasteiger partial charge in [0.2, 0.25) is 0 Å². The van der Waals surface area contributed by atoms with Crippen LogP contribution in [0.5, 0.6) is 0 Å². The van der Waals surface area contributed by atoms with E-state index in [1.54, 1.807) is 19.9 Å². The zero-order valence-electron chi connectivity index (χ0n) is 13.8. The Bertz CT molecular complexity index is 521. The Labute approximate surface area is 131 Å². The maximum atomic E-state index is 12.6. The van der Waals surface area contributed by atoms with Crippen LogP contribution in [-0.4, -0.2) is 31.7 Å². The van der Waals surface area contributed by atoms with Crippen LogP contribution in [0.1, 0.15) is 37.0 Å². The van der Waals surface area contributed by atoms with Crippen molar-refractivity contribution in [3.63, 3.8) is 0 Å². The van der Waals surface area contributed by atoms with E-state index in [2.05, 4.69) is 0 Å². The molecule has 0 radical (unpaired) electrons. The minimum Gasteiger partial charge on any atom is -0.465 e. The van der Waals surface area contributed by atoms with Crippen molar-refractivity contribution in [1.82, 2.24) is 0 Å². The molecule has 0 aliphatic heterocycles. The Morgan fingerprint density at radius 2 is 1.59 bits per heavy atom. The van der Waals surface area contributed by atoms with Gasteiger partial charge in [-0.1, -0.05) is 18.2 Å². The second kappa shape index (κ2) is 7.94. The number of ether oxygens (including phenoxy) is 2. The molecule has 0 unspecified atom stereocenters. The van der Waals surface area contributed by atoms with Crippen LogP contribution in [-0.2, 0) is 24.5 Å². The number of hydrogen-bond donors (Lipinski definition) is 1.